The molecule has 0 bridgehead atoms. The van der Waals surface area contributed by atoms with Crippen LogP contribution in [0.25, 0.3) is 0 Å². The summed E-state index contributed by atoms with van der Waals surface area (Å²) in [5, 5.41) is 2.61. The monoisotopic (exact) mass is 323 g/mol. The Morgan fingerprint density at radius 3 is 2.67 bits per heavy atom. The Morgan fingerprint density at radius 2 is 1.92 bits per heavy atom. The lowest BCUT2D eigenvalue weighted by Gasteiger charge is -2.05. The molecule has 24 heavy (non-hydrogen) atoms. The number of aromatic nitrogens is 1. The van der Waals surface area contributed by atoms with Crippen LogP contribution in [0.3, 0.4) is 0 Å². The summed E-state index contributed by atoms with van der Waals surface area (Å²) < 4.78 is 5.07. The highest BCUT2D eigenvalue weighted by atomic mass is 16.5. The van der Waals surface area contributed by atoms with Crippen LogP contribution < -0.4 is 11.1 Å². The summed E-state index contributed by atoms with van der Waals surface area (Å²) in [7, 11) is 0. The molecule has 0 aliphatic rings. The van der Waals surface area contributed by atoms with Crippen molar-refractivity contribution in [1.82, 2.24) is 10.3 Å². The smallest absolute Gasteiger partial charge is 0.407 e. The topological polar surface area (TPSA) is 94.3 Å². The molecule has 0 saturated heterocycles. The standard InChI is InChI=1S/C18H17N3O3/c19-17(22)16-11-6-10-15(21-16)9-4-5-12-20-18(23)24-13-14-7-2-1-3-8-14/h1-3,6-8,10-11H,5,12-13H2,(H2,19,22)(H,20,23). The van der Waals surface area contributed by atoms with E-state index < -0.39 is 12.0 Å². The predicted octanol–water partition coefficient (Wildman–Crippen LogP) is 1.85. The highest BCUT2D eigenvalue weighted by Gasteiger charge is 2.02. The van der Waals surface area contributed by atoms with Gasteiger partial charge in [-0.1, -0.05) is 42.3 Å². The van der Waals surface area contributed by atoms with Gasteiger partial charge in [0.2, 0.25) is 0 Å². The fourth-order valence-electron chi connectivity index (χ4n) is 1.80. The Balaban J connectivity index is 1.70. The maximum absolute atomic E-state index is 11.5. The van der Waals surface area contributed by atoms with E-state index in [9.17, 15) is 9.59 Å². The largest absolute Gasteiger partial charge is 0.445 e. The van der Waals surface area contributed by atoms with Crippen molar-refractivity contribution in [3.63, 3.8) is 0 Å². The lowest BCUT2D eigenvalue weighted by atomic mass is 10.2. The van der Waals surface area contributed by atoms with E-state index in [0.29, 0.717) is 18.7 Å². The zero-order valence-corrected chi connectivity index (χ0v) is 13.0. The molecular weight excluding hydrogens is 306 g/mol. The number of primary amides is 1. The number of benzene rings is 1. The lowest BCUT2D eigenvalue weighted by Crippen LogP contribution is -2.24. The molecule has 3 N–H and O–H groups in total. The van der Waals surface area contributed by atoms with Gasteiger partial charge in [0.05, 0.1) is 0 Å². The van der Waals surface area contributed by atoms with Crippen molar-refractivity contribution in [3.8, 4) is 11.8 Å². The number of rotatable bonds is 5. The molecule has 1 aromatic heterocycles. The van der Waals surface area contributed by atoms with Gasteiger partial charge in [-0.2, -0.15) is 0 Å². The molecule has 1 aromatic carbocycles. The molecule has 2 rings (SSSR count). The Bertz CT molecular complexity index is 764. The molecule has 0 atom stereocenters. The second kappa shape index (κ2) is 8.96. The molecule has 1 heterocycles. The molecule has 0 aliphatic heterocycles. The van der Waals surface area contributed by atoms with Gasteiger partial charge in [0.25, 0.3) is 5.91 Å². The SMILES string of the molecule is NC(=O)c1cccc(C#CCCNC(=O)OCc2ccccc2)n1. The van der Waals surface area contributed by atoms with Crippen LogP contribution in [0.15, 0.2) is 48.5 Å². The Kier molecular flexibility index (Phi) is 6.35. The number of carbonyl (C=O) groups is 2. The second-order valence-corrected chi connectivity index (χ2v) is 4.81. The molecule has 2 aromatic rings. The summed E-state index contributed by atoms with van der Waals surface area (Å²) in [5.41, 5.74) is 6.70. The lowest BCUT2D eigenvalue weighted by molar-refractivity contribution is 0.0995. The summed E-state index contributed by atoms with van der Waals surface area (Å²) in [6, 6.07) is 14.3. The molecule has 0 aliphatic carbocycles. The quantitative estimate of drug-likeness (QED) is 0.648. The first kappa shape index (κ1) is 17.0. The van der Waals surface area contributed by atoms with E-state index in [0.717, 1.165) is 5.56 Å². The van der Waals surface area contributed by atoms with Gasteiger partial charge in [0.15, 0.2) is 0 Å². The van der Waals surface area contributed by atoms with Crippen molar-refractivity contribution in [2.24, 2.45) is 5.73 Å². The van der Waals surface area contributed by atoms with Crippen LogP contribution >= 0.6 is 0 Å². The van der Waals surface area contributed by atoms with Gasteiger partial charge in [-0.15, -0.1) is 0 Å². The third-order valence-electron chi connectivity index (χ3n) is 2.95. The molecule has 0 saturated carbocycles. The van der Waals surface area contributed by atoms with Crippen LogP contribution in [0.4, 0.5) is 4.79 Å². The van der Waals surface area contributed by atoms with E-state index in [1.54, 1.807) is 12.1 Å². The van der Waals surface area contributed by atoms with Gasteiger partial charge in [0, 0.05) is 13.0 Å². The normalized spacial score (nSPS) is 9.50. The number of nitrogens with two attached hydrogens (primary N) is 1. The van der Waals surface area contributed by atoms with Gasteiger partial charge >= 0.3 is 6.09 Å². The number of ether oxygens (including phenoxy) is 1. The van der Waals surface area contributed by atoms with Crippen molar-refractivity contribution in [2.45, 2.75) is 13.0 Å². The molecule has 2 amide bonds. The second-order valence-electron chi connectivity index (χ2n) is 4.81. The van der Waals surface area contributed by atoms with E-state index in [1.807, 2.05) is 30.3 Å². The van der Waals surface area contributed by atoms with E-state index in [4.69, 9.17) is 10.5 Å². The summed E-state index contributed by atoms with van der Waals surface area (Å²) in [4.78, 5) is 26.6. The van der Waals surface area contributed by atoms with Crippen LogP contribution in [0, 0.1) is 11.8 Å². The van der Waals surface area contributed by atoms with Crippen molar-refractivity contribution >= 4 is 12.0 Å². The molecule has 0 fully saturated rings. The predicted molar refractivity (Wildman–Crippen MR) is 88.9 cm³/mol. The zero-order chi connectivity index (χ0) is 17.2. The number of nitrogens with zero attached hydrogens (tertiary/aromatic N) is 1. The molecule has 122 valence electrons. The number of amides is 2. The minimum Gasteiger partial charge on any atom is -0.445 e. The van der Waals surface area contributed by atoms with Crippen LogP contribution in [-0.4, -0.2) is 23.5 Å². The average Bonchev–Trinajstić information content (AvgIpc) is 2.61. The van der Waals surface area contributed by atoms with E-state index >= 15 is 0 Å². The van der Waals surface area contributed by atoms with Crippen LogP contribution in [-0.2, 0) is 11.3 Å². The number of pyridine rings is 1. The number of carbonyl (C=O) groups excluding carboxylic acids is 2. The Hall–Kier alpha value is -3.33. The summed E-state index contributed by atoms with van der Waals surface area (Å²) >= 11 is 0. The molecule has 6 heteroatoms. The van der Waals surface area contributed by atoms with Gasteiger partial charge < -0.3 is 15.8 Å². The molecular formula is C18H17N3O3. The molecule has 0 unspecified atom stereocenters. The fourth-order valence-corrected chi connectivity index (χ4v) is 1.80. The van der Waals surface area contributed by atoms with Crippen LogP contribution in [0.2, 0.25) is 0 Å². The Labute approximate surface area is 140 Å². The number of nitrogens with one attached hydrogen (secondary N) is 1. The number of alkyl carbamates (subject to hydrolysis) is 1. The third-order valence-corrected chi connectivity index (χ3v) is 2.95. The van der Waals surface area contributed by atoms with Crippen LogP contribution in [0.5, 0.6) is 0 Å². The van der Waals surface area contributed by atoms with Gasteiger partial charge in [-0.25, -0.2) is 9.78 Å². The minimum atomic E-state index is -0.596. The highest BCUT2D eigenvalue weighted by molar-refractivity contribution is 5.90. The van der Waals surface area contributed by atoms with Crippen molar-refractivity contribution in [2.75, 3.05) is 6.54 Å². The number of hydrogen-bond donors (Lipinski definition) is 2. The maximum Gasteiger partial charge on any atom is 0.407 e. The first-order chi connectivity index (χ1) is 11.6. The summed E-state index contributed by atoms with van der Waals surface area (Å²) in [6.45, 7) is 0.582. The van der Waals surface area contributed by atoms with Gasteiger partial charge in [-0.3, -0.25) is 4.79 Å². The van der Waals surface area contributed by atoms with Crippen molar-refractivity contribution in [1.29, 1.82) is 0 Å². The minimum absolute atomic E-state index is 0.171. The van der Waals surface area contributed by atoms with E-state index in [-0.39, 0.29) is 12.3 Å². The molecule has 0 spiro atoms. The first-order valence-corrected chi connectivity index (χ1v) is 7.35. The molecule has 6 nitrogen and oxygen atoms in total. The van der Waals surface area contributed by atoms with E-state index in [1.165, 1.54) is 6.07 Å². The maximum atomic E-state index is 11.5. The summed E-state index contributed by atoms with van der Waals surface area (Å²) in [5.74, 6) is 5.08. The van der Waals surface area contributed by atoms with Crippen LogP contribution in [0.1, 0.15) is 28.2 Å². The first-order valence-electron chi connectivity index (χ1n) is 7.35. The van der Waals surface area contributed by atoms with Gasteiger partial charge in [-0.05, 0) is 23.6 Å². The van der Waals surface area contributed by atoms with Gasteiger partial charge in [0.1, 0.15) is 18.0 Å². The van der Waals surface area contributed by atoms with E-state index in [2.05, 4.69) is 22.1 Å². The Morgan fingerprint density at radius 1 is 1.12 bits per heavy atom. The zero-order valence-electron chi connectivity index (χ0n) is 13.0. The third kappa shape index (κ3) is 5.81. The average molecular weight is 323 g/mol. The fraction of sp³-hybridized carbons (Fsp3) is 0.167. The summed E-state index contributed by atoms with van der Waals surface area (Å²) in [6.07, 6.45) is -0.0578. The number of hydrogen-bond acceptors (Lipinski definition) is 4. The van der Waals surface area contributed by atoms with Crippen molar-refractivity contribution in [3.05, 3.63) is 65.5 Å². The highest BCUT2D eigenvalue weighted by Crippen LogP contribution is 2.00. The van der Waals surface area contributed by atoms with Crippen molar-refractivity contribution < 1.29 is 14.3 Å². The molecule has 0 radical (unpaired) electrons.